The molecule has 3 unspecified atom stereocenters. The lowest BCUT2D eigenvalue weighted by Crippen LogP contribution is -2.43. The second-order valence-electron chi connectivity index (χ2n) is 10.0. The highest BCUT2D eigenvalue weighted by atomic mass is 16.7. The first-order valence-corrected chi connectivity index (χ1v) is 13.8. The van der Waals surface area contributed by atoms with Gasteiger partial charge in [0.1, 0.15) is 24.4 Å². The van der Waals surface area contributed by atoms with E-state index in [4.69, 9.17) is 28.4 Å². The van der Waals surface area contributed by atoms with Crippen molar-refractivity contribution in [2.75, 3.05) is 13.7 Å². The van der Waals surface area contributed by atoms with E-state index in [0.717, 1.165) is 12.8 Å². The molecule has 0 heterocycles. The van der Waals surface area contributed by atoms with Crippen molar-refractivity contribution >= 4 is 24.2 Å². The molecule has 1 rings (SSSR count). The molecule has 0 fully saturated rings. The minimum atomic E-state index is -0.959. The summed E-state index contributed by atoms with van der Waals surface area (Å²) in [6, 6.07) is 3.74. The van der Waals surface area contributed by atoms with E-state index in [0.29, 0.717) is 18.4 Å². The molecule has 0 bridgehead atoms. The summed E-state index contributed by atoms with van der Waals surface area (Å²) >= 11 is 0. The Hall–Kier alpha value is -3.34. The Bertz CT molecular complexity index is 964. The van der Waals surface area contributed by atoms with Gasteiger partial charge in [-0.3, -0.25) is 9.59 Å². The van der Waals surface area contributed by atoms with Crippen LogP contribution in [-0.4, -0.2) is 62.3 Å². The highest BCUT2D eigenvalue weighted by molar-refractivity contribution is 5.76. The number of hydrogen-bond acceptors (Lipinski definition) is 11. The minimum absolute atomic E-state index is 0.0469. The van der Waals surface area contributed by atoms with E-state index in [2.05, 4.69) is 5.32 Å². The lowest BCUT2D eigenvalue weighted by molar-refractivity contribution is -0.152. The number of esters is 2. The van der Waals surface area contributed by atoms with Crippen LogP contribution >= 0.6 is 0 Å². The molecule has 1 aromatic rings. The molecule has 4 atom stereocenters. The summed E-state index contributed by atoms with van der Waals surface area (Å²) in [6.07, 6.45) is -0.0200. The smallest absolute Gasteiger partial charge is 0.468 e. The van der Waals surface area contributed by atoms with Gasteiger partial charge in [0.25, 0.3) is 0 Å². The Morgan fingerprint density at radius 1 is 0.750 bits per heavy atom. The summed E-state index contributed by atoms with van der Waals surface area (Å²) in [7, 11) is 1.27. The van der Waals surface area contributed by atoms with Gasteiger partial charge in [0.2, 0.25) is 0 Å². The standard InChI is InChI=1S/C29H45NO10/c1-9-11-19(5)37-28(33)39-24-14-13-22(16-25(24)40-29(34)38-20(6)12-10-2)15-23(27(32)35-8)30-17-21(7)36-26(31)18(3)4/h13-14,16,18-21,23,30H,9-12,15,17H2,1-8H3/t19?,20?,21?,23-/m0/s1. The summed E-state index contributed by atoms with van der Waals surface area (Å²) in [5.41, 5.74) is 0.569. The Labute approximate surface area is 237 Å². The van der Waals surface area contributed by atoms with Gasteiger partial charge >= 0.3 is 24.2 Å². The molecule has 0 saturated heterocycles. The van der Waals surface area contributed by atoms with Crippen LogP contribution in [0.3, 0.4) is 0 Å². The molecular formula is C29H45NO10. The Morgan fingerprint density at radius 3 is 1.80 bits per heavy atom. The Morgan fingerprint density at radius 2 is 1.30 bits per heavy atom. The van der Waals surface area contributed by atoms with Gasteiger partial charge in [-0.2, -0.15) is 0 Å². The maximum atomic E-state index is 12.5. The molecule has 0 aromatic heterocycles. The van der Waals surface area contributed by atoms with Crippen molar-refractivity contribution in [2.45, 2.75) is 105 Å². The normalized spacial score (nSPS) is 13.9. The molecule has 40 heavy (non-hydrogen) atoms. The van der Waals surface area contributed by atoms with Crippen LogP contribution in [-0.2, 0) is 35.0 Å². The molecule has 0 radical (unpaired) electrons. The Kier molecular flexibility index (Phi) is 15.7. The summed E-state index contributed by atoms with van der Waals surface area (Å²) < 4.78 is 31.5. The van der Waals surface area contributed by atoms with Crippen molar-refractivity contribution in [3.63, 3.8) is 0 Å². The van der Waals surface area contributed by atoms with Gasteiger partial charge in [0.15, 0.2) is 11.5 Å². The molecule has 11 heteroatoms. The lowest BCUT2D eigenvalue weighted by atomic mass is 10.0. The lowest BCUT2D eigenvalue weighted by Gasteiger charge is -2.21. The summed E-state index contributed by atoms with van der Waals surface area (Å²) in [4.78, 5) is 49.1. The monoisotopic (exact) mass is 567 g/mol. The molecule has 11 nitrogen and oxygen atoms in total. The number of ether oxygens (including phenoxy) is 6. The van der Waals surface area contributed by atoms with Gasteiger partial charge in [0.05, 0.1) is 13.0 Å². The minimum Gasteiger partial charge on any atom is -0.468 e. The third-order valence-corrected chi connectivity index (χ3v) is 5.75. The van der Waals surface area contributed by atoms with Gasteiger partial charge in [0, 0.05) is 6.54 Å². The van der Waals surface area contributed by atoms with Gasteiger partial charge in [-0.1, -0.05) is 46.6 Å². The SMILES string of the molecule is CCCC(C)OC(=O)Oc1ccc(C[C@H](NCC(C)OC(=O)C(C)C)C(=O)OC)cc1OC(=O)OC(C)CCC. The van der Waals surface area contributed by atoms with E-state index in [1.165, 1.54) is 19.2 Å². The van der Waals surface area contributed by atoms with Crippen LogP contribution in [0, 0.1) is 5.92 Å². The highest BCUT2D eigenvalue weighted by Gasteiger charge is 2.24. The van der Waals surface area contributed by atoms with Crippen molar-refractivity contribution < 1.29 is 47.6 Å². The quantitative estimate of drug-likeness (QED) is 0.157. The number of hydrogen-bond donors (Lipinski definition) is 1. The third kappa shape index (κ3) is 13.1. The number of benzene rings is 1. The molecule has 0 aliphatic heterocycles. The summed E-state index contributed by atoms with van der Waals surface area (Å²) in [6.45, 7) is 12.8. The largest absolute Gasteiger partial charge is 0.514 e. The molecule has 226 valence electrons. The zero-order chi connectivity index (χ0) is 30.2. The number of rotatable bonds is 16. The second-order valence-corrected chi connectivity index (χ2v) is 10.0. The number of nitrogens with one attached hydrogen (secondary N) is 1. The van der Waals surface area contributed by atoms with E-state index in [9.17, 15) is 19.2 Å². The van der Waals surface area contributed by atoms with Crippen molar-refractivity contribution in [3.8, 4) is 11.5 Å². The molecule has 1 N–H and O–H groups in total. The maximum absolute atomic E-state index is 12.5. The van der Waals surface area contributed by atoms with Crippen molar-refractivity contribution in [1.29, 1.82) is 0 Å². The fourth-order valence-electron chi connectivity index (χ4n) is 3.63. The van der Waals surface area contributed by atoms with E-state index >= 15 is 0 Å². The molecule has 0 amide bonds. The molecule has 1 aromatic carbocycles. The van der Waals surface area contributed by atoms with E-state index < -0.39 is 30.4 Å². The second kappa shape index (κ2) is 18.1. The molecular weight excluding hydrogens is 522 g/mol. The number of carbonyl (C=O) groups is 4. The maximum Gasteiger partial charge on any atom is 0.514 e. The van der Waals surface area contributed by atoms with E-state index in [1.807, 2.05) is 13.8 Å². The fraction of sp³-hybridized carbons (Fsp3) is 0.655. The first-order chi connectivity index (χ1) is 18.9. The topological polar surface area (TPSA) is 136 Å². The van der Waals surface area contributed by atoms with Crippen molar-refractivity contribution in [1.82, 2.24) is 5.32 Å². The molecule has 0 aliphatic rings. The first kappa shape index (κ1) is 34.7. The van der Waals surface area contributed by atoms with Gasteiger partial charge < -0.3 is 33.7 Å². The molecule has 0 aliphatic carbocycles. The van der Waals surface area contributed by atoms with Crippen LogP contribution < -0.4 is 14.8 Å². The van der Waals surface area contributed by atoms with Crippen LogP contribution in [0.15, 0.2) is 18.2 Å². The fourth-order valence-corrected chi connectivity index (χ4v) is 3.63. The van der Waals surface area contributed by atoms with Crippen LogP contribution in [0.1, 0.15) is 79.7 Å². The summed E-state index contributed by atoms with van der Waals surface area (Å²) in [5, 5.41) is 3.05. The van der Waals surface area contributed by atoms with Crippen LogP contribution in [0.2, 0.25) is 0 Å². The van der Waals surface area contributed by atoms with Gasteiger partial charge in [-0.15, -0.1) is 0 Å². The predicted molar refractivity (Wildman–Crippen MR) is 147 cm³/mol. The van der Waals surface area contributed by atoms with Gasteiger partial charge in [-0.25, -0.2) is 9.59 Å². The average molecular weight is 568 g/mol. The first-order valence-electron chi connectivity index (χ1n) is 13.8. The van der Waals surface area contributed by atoms with Crippen molar-refractivity contribution in [2.24, 2.45) is 5.92 Å². The summed E-state index contributed by atoms with van der Waals surface area (Å²) in [5.74, 6) is -1.28. The van der Waals surface area contributed by atoms with Gasteiger partial charge in [-0.05, 0) is 57.7 Å². The van der Waals surface area contributed by atoms with Crippen LogP contribution in [0.5, 0.6) is 11.5 Å². The zero-order valence-electron chi connectivity index (χ0n) is 24.9. The van der Waals surface area contributed by atoms with E-state index in [-0.39, 0.29) is 48.6 Å². The number of carbonyl (C=O) groups excluding carboxylic acids is 4. The highest BCUT2D eigenvalue weighted by Crippen LogP contribution is 2.30. The van der Waals surface area contributed by atoms with Crippen LogP contribution in [0.25, 0.3) is 0 Å². The molecule has 0 saturated carbocycles. The zero-order valence-corrected chi connectivity index (χ0v) is 24.9. The third-order valence-electron chi connectivity index (χ3n) is 5.75. The number of methoxy groups -OCH3 is 1. The average Bonchev–Trinajstić information content (AvgIpc) is 2.87. The van der Waals surface area contributed by atoms with E-state index in [1.54, 1.807) is 40.7 Å². The molecule has 0 spiro atoms. The predicted octanol–water partition coefficient (Wildman–Crippen LogP) is 5.36. The van der Waals surface area contributed by atoms with Crippen molar-refractivity contribution in [3.05, 3.63) is 23.8 Å². The Balaban J connectivity index is 3.12. The van der Waals surface area contributed by atoms with Crippen LogP contribution in [0.4, 0.5) is 9.59 Å².